The highest BCUT2D eigenvalue weighted by molar-refractivity contribution is 7.96. The molecular weight excluding hydrogens is 336 g/mol. The zero-order chi connectivity index (χ0) is 18.0. The molecule has 1 N–H and O–H groups in total. The first-order chi connectivity index (χ1) is 11.9. The number of aryl methyl sites for hydroxylation is 1. The van der Waals surface area contributed by atoms with Crippen molar-refractivity contribution in [2.45, 2.75) is 12.8 Å². The van der Waals surface area contributed by atoms with Crippen LogP contribution in [0.3, 0.4) is 0 Å². The van der Waals surface area contributed by atoms with Crippen molar-refractivity contribution in [3.05, 3.63) is 70.1 Å². The standard InChI is InChI=1S/C19H20N2O3S/c1-21(2)19(22)17-9-5-6-10-18(17)20-25(23,24)16-12-11-14-7-3-4-8-15(14)13-16/h3-10,13,20H,11-12H2,1-2H3. The van der Waals surface area contributed by atoms with Gasteiger partial charge in [0.15, 0.2) is 0 Å². The number of fused-ring (bicyclic) bond motifs is 1. The molecule has 25 heavy (non-hydrogen) atoms. The van der Waals surface area contributed by atoms with Crippen molar-refractivity contribution in [2.24, 2.45) is 0 Å². The topological polar surface area (TPSA) is 66.5 Å². The van der Waals surface area contributed by atoms with Crippen LogP contribution in [0.25, 0.3) is 6.08 Å². The Morgan fingerprint density at radius 3 is 2.44 bits per heavy atom. The van der Waals surface area contributed by atoms with E-state index in [0.29, 0.717) is 29.0 Å². The molecule has 3 rings (SSSR count). The quantitative estimate of drug-likeness (QED) is 0.915. The van der Waals surface area contributed by atoms with Gasteiger partial charge in [0.1, 0.15) is 0 Å². The molecule has 1 aliphatic rings. The summed E-state index contributed by atoms with van der Waals surface area (Å²) in [7, 11) is -0.454. The Morgan fingerprint density at radius 2 is 1.68 bits per heavy atom. The van der Waals surface area contributed by atoms with Crippen molar-refractivity contribution in [3.63, 3.8) is 0 Å². The summed E-state index contributed by atoms with van der Waals surface area (Å²) in [5.74, 6) is -0.249. The Kier molecular flexibility index (Phi) is 4.63. The number of hydrogen-bond acceptors (Lipinski definition) is 3. The fourth-order valence-corrected chi connectivity index (χ4v) is 4.08. The lowest BCUT2D eigenvalue weighted by Crippen LogP contribution is -2.24. The number of allylic oxidation sites excluding steroid dienone is 1. The van der Waals surface area contributed by atoms with Crippen LogP contribution in [0, 0.1) is 0 Å². The van der Waals surface area contributed by atoms with E-state index >= 15 is 0 Å². The van der Waals surface area contributed by atoms with Crippen LogP contribution in [0.1, 0.15) is 27.9 Å². The molecule has 2 aromatic rings. The molecule has 2 aromatic carbocycles. The molecule has 0 unspecified atom stereocenters. The first kappa shape index (κ1) is 17.2. The Balaban J connectivity index is 1.94. The predicted molar refractivity (Wildman–Crippen MR) is 99.7 cm³/mol. The summed E-state index contributed by atoms with van der Waals surface area (Å²) in [6.45, 7) is 0. The van der Waals surface area contributed by atoms with Gasteiger partial charge in [0.25, 0.3) is 15.9 Å². The molecular formula is C19H20N2O3S. The highest BCUT2D eigenvalue weighted by atomic mass is 32.2. The Bertz CT molecular complexity index is 947. The number of nitrogens with zero attached hydrogens (tertiary/aromatic N) is 1. The van der Waals surface area contributed by atoms with E-state index in [4.69, 9.17) is 0 Å². The summed E-state index contributed by atoms with van der Waals surface area (Å²) in [6, 6.07) is 14.4. The Labute approximate surface area is 148 Å². The molecule has 5 nitrogen and oxygen atoms in total. The number of carbonyl (C=O) groups is 1. The smallest absolute Gasteiger partial charge is 0.258 e. The summed E-state index contributed by atoms with van der Waals surface area (Å²) < 4.78 is 28.2. The lowest BCUT2D eigenvalue weighted by atomic mass is 9.98. The average molecular weight is 356 g/mol. The van der Waals surface area contributed by atoms with E-state index in [1.807, 2.05) is 24.3 Å². The summed E-state index contributed by atoms with van der Waals surface area (Å²) >= 11 is 0. The van der Waals surface area contributed by atoms with Gasteiger partial charge in [-0.1, -0.05) is 36.4 Å². The average Bonchev–Trinajstić information content (AvgIpc) is 2.60. The van der Waals surface area contributed by atoms with Crippen LogP contribution in [0.4, 0.5) is 5.69 Å². The Hall–Kier alpha value is -2.60. The number of hydrogen-bond donors (Lipinski definition) is 1. The second-order valence-electron chi connectivity index (χ2n) is 6.16. The van der Waals surface area contributed by atoms with Crippen LogP contribution >= 0.6 is 0 Å². The molecule has 1 amide bonds. The van der Waals surface area contributed by atoms with E-state index in [2.05, 4.69) is 4.72 Å². The fourth-order valence-electron chi connectivity index (χ4n) is 2.83. The summed E-state index contributed by atoms with van der Waals surface area (Å²) in [5.41, 5.74) is 2.69. The number of sulfonamides is 1. The predicted octanol–water partition coefficient (Wildman–Crippen LogP) is 3.12. The van der Waals surface area contributed by atoms with Crippen molar-refractivity contribution < 1.29 is 13.2 Å². The third kappa shape index (κ3) is 3.58. The van der Waals surface area contributed by atoms with Gasteiger partial charge in [0.2, 0.25) is 0 Å². The van der Waals surface area contributed by atoms with Crippen molar-refractivity contribution in [2.75, 3.05) is 18.8 Å². The molecule has 0 heterocycles. The molecule has 0 saturated heterocycles. The van der Waals surface area contributed by atoms with Crippen LogP contribution in [-0.2, 0) is 16.4 Å². The summed E-state index contributed by atoms with van der Waals surface area (Å²) in [5, 5.41) is 0. The third-order valence-electron chi connectivity index (χ3n) is 4.17. The summed E-state index contributed by atoms with van der Waals surface area (Å²) in [4.78, 5) is 14.0. The van der Waals surface area contributed by atoms with Crippen molar-refractivity contribution in [1.29, 1.82) is 0 Å². The van der Waals surface area contributed by atoms with Gasteiger partial charge in [0.05, 0.1) is 16.2 Å². The van der Waals surface area contributed by atoms with Crippen LogP contribution < -0.4 is 4.72 Å². The lowest BCUT2D eigenvalue weighted by molar-refractivity contribution is 0.0828. The first-order valence-corrected chi connectivity index (χ1v) is 9.49. The lowest BCUT2D eigenvalue weighted by Gasteiger charge is -2.19. The van der Waals surface area contributed by atoms with Crippen molar-refractivity contribution in [3.8, 4) is 0 Å². The van der Waals surface area contributed by atoms with Gasteiger partial charge in [-0.3, -0.25) is 9.52 Å². The molecule has 0 aliphatic heterocycles. The van der Waals surface area contributed by atoms with E-state index in [0.717, 1.165) is 11.1 Å². The van der Waals surface area contributed by atoms with Crippen molar-refractivity contribution in [1.82, 2.24) is 4.90 Å². The molecule has 0 bridgehead atoms. The van der Waals surface area contributed by atoms with Gasteiger partial charge in [-0.05, 0) is 42.2 Å². The Morgan fingerprint density at radius 1 is 1.00 bits per heavy atom. The van der Waals surface area contributed by atoms with Gasteiger partial charge >= 0.3 is 0 Å². The molecule has 0 radical (unpaired) electrons. The van der Waals surface area contributed by atoms with E-state index in [1.165, 1.54) is 4.90 Å². The number of benzene rings is 2. The number of anilines is 1. The van der Waals surface area contributed by atoms with Gasteiger partial charge in [-0.15, -0.1) is 0 Å². The number of para-hydroxylation sites is 1. The van der Waals surface area contributed by atoms with Crippen LogP contribution in [0.15, 0.2) is 53.4 Å². The third-order valence-corrected chi connectivity index (χ3v) is 5.67. The number of amides is 1. The number of nitrogens with one attached hydrogen (secondary N) is 1. The van der Waals surface area contributed by atoms with Gasteiger partial charge < -0.3 is 4.90 Å². The molecule has 0 atom stereocenters. The summed E-state index contributed by atoms with van der Waals surface area (Å²) in [6.07, 6.45) is 2.83. The van der Waals surface area contributed by atoms with Gasteiger partial charge in [-0.25, -0.2) is 8.42 Å². The SMILES string of the molecule is CN(C)C(=O)c1ccccc1NS(=O)(=O)C1=Cc2ccccc2CC1. The zero-order valence-corrected chi connectivity index (χ0v) is 15.0. The first-order valence-electron chi connectivity index (χ1n) is 8.00. The molecule has 0 aromatic heterocycles. The molecule has 0 saturated carbocycles. The van der Waals surface area contributed by atoms with Crippen LogP contribution in [0.5, 0.6) is 0 Å². The molecule has 0 fully saturated rings. The zero-order valence-electron chi connectivity index (χ0n) is 14.2. The van der Waals surface area contributed by atoms with Gasteiger partial charge in [-0.2, -0.15) is 0 Å². The van der Waals surface area contributed by atoms with Crippen molar-refractivity contribution >= 4 is 27.7 Å². The molecule has 6 heteroatoms. The van der Waals surface area contributed by atoms with Crippen LogP contribution in [-0.4, -0.2) is 33.3 Å². The maximum atomic E-state index is 12.8. The highest BCUT2D eigenvalue weighted by Crippen LogP contribution is 2.29. The van der Waals surface area contributed by atoms with E-state index in [-0.39, 0.29) is 5.91 Å². The molecule has 130 valence electrons. The number of rotatable bonds is 4. The van der Waals surface area contributed by atoms with E-state index in [9.17, 15) is 13.2 Å². The number of carbonyl (C=O) groups excluding carboxylic acids is 1. The largest absolute Gasteiger partial charge is 0.345 e. The normalized spacial score (nSPS) is 13.6. The fraction of sp³-hybridized carbons (Fsp3) is 0.211. The van der Waals surface area contributed by atoms with E-state index in [1.54, 1.807) is 44.4 Å². The molecule has 0 spiro atoms. The van der Waals surface area contributed by atoms with Crippen LogP contribution in [0.2, 0.25) is 0 Å². The maximum absolute atomic E-state index is 12.8. The minimum absolute atomic E-state index is 0.249. The monoisotopic (exact) mass is 356 g/mol. The van der Waals surface area contributed by atoms with Gasteiger partial charge in [0, 0.05) is 14.1 Å². The molecule has 1 aliphatic carbocycles. The second-order valence-corrected chi connectivity index (χ2v) is 7.90. The second kappa shape index (κ2) is 6.72. The minimum atomic E-state index is -3.72. The van der Waals surface area contributed by atoms with E-state index < -0.39 is 10.0 Å². The maximum Gasteiger partial charge on any atom is 0.258 e. The minimum Gasteiger partial charge on any atom is -0.345 e. The highest BCUT2D eigenvalue weighted by Gasteiger charge is 2.24.